The summed E-state index contributed by atoms with van der Waals surface area (Å²) in [6.07, 6.45) is 21.0. The average molecular weight is 673 g/mol. The topological polar surface area (TPSA) is 70.6 Å². The average Bonchev–Trinajstić information content (AvgIpc) is 3.56. The second-order valence-electron chi connectivity index (χ2n) is 20.1. The summed E-state index contributed by atoms with van der Waals surface area (Å²) in [5.74, 6) is 4.36. The first-order valence-corrected chi connectivity index (χ1v) is 20.6. The van der Waals surface area contributed by atoms with Crippen molar-refractivity contribution in [2.75, 3.05) is 26.2 Å². The zero-order valence-electron chi connectivity index (χ0n) is 31.8. The van der Waals surface area contributed by atoms with Gasteiger partial charge < -0.3 is 20.5 Å². The molecule has 5 saturated carbocycles. The maximum Gasteiger partial charge on any atom is 0.306 e. The number of carboxylic acids is 1. The predicted molar refractivity (Wildman–Crippen MR) is 198 cm³/mol. The number of hydrogen-bond donors (Lipinski definition) is 3. The van der Waals surface area contributed by atoms with E-state index >= 15 is 0 Å². The van der Waals surface area contributed by atoms with Crippen molar-refractivity contribution in [3.8, 4) is 0 Å². The number of carboxylic acid groups (broad SMARTS) is 1. The number of allylic oxidation sites excluding steroid dienone is 5. The molecule has 13 atom stereocenters. The molecule has 49 heavy (non-hydrogen) atoms. The first kappa shape index (κ1) is 34.6. The molecule has 0 aromatic carbocycles. The fourth-order valence-electron chi connectivity index (χ4n) is 15.1. The van der Waals surface area contributed by atoms with Gasteiger partial charge in [-0.1, -0.05) is 58.9 Å². The molecular weight excluding hydrogens is 604 g/mol. The summed E-state index contributed by atoms with van der Waals surface area (Å²) in [6, 6.07) is 0. The van der Waals surface area contributed by atoms with E-state index in [1.807, 2.05) is 0 Å². The van der Waals surface area contributed by atoms with E-state index in [4.69, 9.17) is 4.74 Å². The van der Waals surface area contributed by atoms with Crippen LogP contribution < -0.4 is 10.6 Å². The van der Waals surface area contributed by atoms with Gasteiger partial charge in [0.25, 0.3) is 0 Å². The summed E-state index contributed by atoms with van der Waals surface area (Å²) < 4.78 is 6.02. The highest BCUT2D eigenvalue weighted by atomic mass is 16.5. The minimum Gasteiger partial charge on any atom is -0.481 e. The van der Waals surface area contributed by atoms with E-state index in [0.29, 0.717) is 46.5 Å². The molecule has 272 valence electrons. The number of rotatable bonds is 9. The van der Waals surface area contributed by atoms with Crippen LogP contribution in [0.5, 0.6) is 0 Å². The Morgan fingerprint density at radius 2 is 1.78 bits per heavy atom. The van der Waals surface area contributed by atoms with Crippen LogP contribution in [0.4, 0.5) is 0 Å². The highest BCUT2D eigenvalue weighted by molar-refractivity contribution is 5.70. The standard InChI is InChI=1S/C44H68N2O3/c1-27(2)31-14-19-44(46-23-22-45-25-35-32-24-30(32)26-49-35)21-20-42(6)34(38(31)44)12-13-37-41(5)17-15-33(28-8-10-29(11-9-28)39(47)48)40(3,4)36(41)16-18-43(37,42)7/h8,15,29-32,34-38,45-46H,1,9-14,16-26H2,2-7H3,(H,47,48)/t29-,30?,31+,32?,34-,35-,36+,37-,38-,41+,42-,43-,44+/m1/s1. The van der Waals surface area contributed by atoms with Crippen LogP contribution in [0.1, 0.15) is 125 Å². The van der Waals surface area contributed by atoms with Gasteiger partial charge in [-0.25, -0.2) is 0 Å². The molecule has 6 fully saturated rings. The maximum atomic E-state index is 11.7. The number of aliphatic carboxylic acids is 1. The lowest BCUT2D eigenvalue weighted by atomic mass is 9.33. The van der Waals surface area contributed by atoms with Gasteiger partial charge in [0.1, 0.15) is 0 Å². The van der Waals surface area contributed by atoms with Crippen LogP contribution in [0.2, 0.25) is 0 Å². The lowest BCUT2D eigenvalue weighted by molar-refractivity contribution is -0.221. The van der Waals surface area contributed by atoms with E-state index in [9.17, 15) is 9.90 Å². The number of ether oxygens (including phenoxy) is 1. The fraction of sp³-hybridized carbons (Fsp3) is 0.841. The van der Waals surface area contributed by atoms with E-state index in [0.717, 1.165) is 62.8 Å². The molecule has 5 heteroatoms. The van der Waals surface area contributed by atoms with Crippen LogP contribution in [0.15, 0.2) is 35.5 Å². The second kappa shape index (κ2) is 12.1. The molecule has 5 nitrogen and oxygen atoms in total. The summed E-state index contributed by atoms with van der Waals surface area (Å²) in [6.45, 7) is 24.4. The molecule has 1 saturated heterocycles. The van der Waals surface area contributed by atoms with E-state index in [1.54, 1.807) is 5.57 Å². The molecule has 7 aliphatic carbocycles. The molecule has 1 heterocycles. The van der Waals surface area contributed by atoms with Crippen LogP contribution in [0.25, 0.3) is 0 Å². The molecule has 1 aliphatic heterocycles. The Bertz CT molecular complexity index is 1410. The highest BCUT2D eigenvalue weighted by Crippen LogP contribution is 2.76. The molecule has 0 radical (unpaired) electrons. The molecule has 8 aliphatic rings. The largest absolute Gasteiger partial charge is 0.481 e. The van der Waals surface area contributed by atoms with Crippen LogP contribution in [-0.2, 0) is 9.53 Å². The quantitative estimate of drug-likeness (QED) is 0.169. The number of carbonyl (C=O) groups is 1. The van der Waals surface area contributed by atoms with E-state index in [-0.39, 0.29) is 16.9 Å². The summed E-state index contributed by atoms with van der Waals surface area (Å²) in [4.78, 5) is 11.7. The highest BCUT2D eigenvalue weighted by Gasteiger charge is 2.70. The van der Waals surface area contributed by atoms with Gasteiger partial charge in [-0.05, 0) is 165 Å². The first-order valence-electron chi connectivity index (χ1n) is 20.6. The lowest BCUT2D eigenvalue weighted by Gasteiger charge is -2.72. The predicted octanol–water partition coefficient (Wildman–Crippen LogP) is 8.96. The fourth-order valence-corrected chi connectivity index (χ4v) is 15.1. The van der Waals surface area contributed by atoms with Gasteiger partial charge in [0.2, 0.25) is 0 Å². The molecule has 8 rings (SSSR count). The molecule has 3 N–H and O–H groups in total. The van der Waals surface area contributed by atoms with Gasteiger partial charge in [-0.3, -0.25) is 4.79 Å². The van der Waals surface area contributed by atoms with Gasteiger partial charge in [0.15, 0.2) is 0 Å². The number of hydrogen-bond acceptors (Lipinski definition) is 4. The van der Waals surface area contributed by atoms with E-state index in [2.05, 4.69) is 70.9 Å². The number of fused-ring (bicyclic) bond motifs is 8. The zero-order valence-corrected chi connectivity index (χ0v) is 31.8. The minimum absolute atomic E-state index is 0.119. The molecule has 0 aromatic heterocycles. The van der Waals surface area contributed by atoms with Gasteiger partial charge >= 0.3 is 5.97 Å². The maximum absolute atomic E-state index is 11.7. The SMILES string of the molecule is C=C(C)[C@@H]1CC[C@]2(NCCNC[C@H]3OCC4CC43)CC[C@]3(C)[C@H](CC[C@@H]4[C@@]5(C)CC=C(C6=CC[C@@H](C(=O)O)CC6)C(C)(C)[C@@H]5CC[C@]43C)[C@@H]12. The number of nitrogens with one attached hydrogen (secondary N) is 2. The van der Waals surface area contributed by atoms with Crippen LogP contribution >= 0.6 is 0 Å². The molecule has 0 spiro atoms. The minimum atomic E-state index is -0.628. The Morgan fingerprint density at radius 1 is 0.959 bits per heavy atom. The van der Waals surface area contributed by atoms with Crippen molar-refractivity contribution in [1.29, 1.82) is 0 Å². The third kappa shape index (κ3) is 5.19. The molecule has 0 aromatic rings. The molecule has 0 bridgehead atoms. The smallest absolute Gasteiger partial charge is 0.306 e. The Labute approximate surface area is 297 Å². The first-order chi connectivity index (χ1) is 23.3. The molecular formula is C44H68N2O3. The summed E-state index contributed by atoms with van der Waals surface area (Å²) in [5, 5.41) is 17.7. The Morgan fingerprint density at radius 3 is 2.45 bits per heavy atom. The van der Waals surface area contributed by atoms with Crippen molar-refractivity contribution in [2.45, 2.75) is 137 Å². The summed E-state index contributed by atoms with van der Waals surface area (Å²) in [5.41, 5.74) is 5.80. The Hall–Kier alpha value is -1.43. The van der Waals surface area contributed by atoms with Gasteiger partial charge in [0, 0.05) is 25.2 Å². The molecule has 0 amide bonds. The van der Waals surface area contributed by atoms with Crippen molar-refractivity contribution in [2.24, 2.45) is 69.0 Å². The third-order valence-corrected chi connectivity index (χ3v) is 17.9. The zero-order chi connectivity index (χ0) is 34.6. The Balaban J connectivity index is 1.01. The van der Waals surface area contributed by atoms with E-state index < -0.39 is 5.97 Å². The van der Waals surface area contributed by atoms with E-state index in [1.165, 1.54) is 75.4 Å². The van der Waals surface area contributed by atoms with Crippen molar-refractivity contribution >= 4 is 5.97 Å². The van der Waals surface area contributed by atoms with Crippen LogP contribution in [0, 0.1) is 69.0 Å². The molecule has 2 unspecified atom stereocenters. The van der Waals surface area contributed by atoms with Crippen molar-refractivity contribution in [1.82, 2.24) is 10.6 Å². The van der Waals surface area contributed by atoms with Crippen molar-refractivity contribution < 1.29 is 14.6 Å². The monoisotopic (exact) mass is 673 g/mol. The summed E-state index contributed by atoms with van der Waals surface area (Å²) >= 11 is 0. The van der Waals surface area contributed by atoms with Gasteiger partial charge in [0.05, 0.1) is 18.6 Å². The van der Waals surface area contributed by atoms with Crippen molar-refractivity contribution in [3.63, 3.8) is 0 Å². The van der Waals surface area contributed by atoms with Crippen LogP contribution in [0.3, 0.4) is 0 Å². The normalized spacial score (nSPS) is 49.4. The summed E-state index contributed by atoms with van der Waals surface area (Å²) in [7, 11) is 0. The van der Waals surface area contributed by atoms with Gasteiger partial charge in [-0.15, -0.1) is 0 Å². The Kier molecular flexibility index (Phi) is 8.52. The van der Waals surface area contributed by atoms with Crippen molar-refractivity contribution in [3.05, 3.63) is 35.5 Å². The second-order valence-corrected chi connectivity index (χ2v) is 20.1. The van der Waals surface area contributed by atoms with Crippen LogP contribution in [-0.4, -0.2) is 49.0 Å². The lowest BCUT2D eigenvalue weighted by Crippen LogP contribution is -2.68. The van der Waals surface area contributed by atoms with Gasteiger partial charge in [-0.2, -0.15) is 0 Å². The third-order valence-electron chi connectivity index (χ3n) is 17.9.